The second-order valence-electron chi connectivity index (χ2n) is 8.71. The van der Waals surface area contributed by atoms with Gasteiger partial charge in [0.2, 0.25) is 11.8 Å². The number of aryl methyl sites for hydroxylation is 2. The van der Waals surface area contributed by atoms with Crippen LogP contribution in [-0.2, 0) is 4.74 Å². The Balaban J connectivity index is 1.76. The van der Waals surface area contributed by atoms with Gasteiger partial charge in [-0.05, 0) is 45.4 Å². The normalized spacial score (nSPS) is 15.4. The molecule has 170 valence electrons. The largest absolute Gasteiger partial charge is 0.474 e. The van der Waals surface area contributed by atoms with Crippen LogP contribution in [0.15, 0.2) is 29.4 Å². The molecule has 0 amide bonds. The SMILES string of the molecule is Cc1[nH]c2ccc(C(=NN)c3cc(OCC(C)(C)O)nc(N4CCOCC4)n3)cc2c1C. The van der Waals surface area contributed by atoms with E-state index in [0.29, 0.717) is 49.5 Å². The predicted octanol–water partition coefficient (Wildman–Crippen LogP) is 2.27. The summed E-state index contributed by atoms with van der Waals surface area (Å²) in [6, 6.07) is 7.76. The zero-order valence-corrected chi connectivity index (χ0v) is 19.0. The van der Waals surface area contributed by atoms with Crippen molar-refractivity contribution in [3.05, 3.63) is 46.8 Å². The number of nitrogens with two attached hydrogens (primary N) is 1. The molecule has 32 heavy (non-hydrogen) atoms. The summed E-state index contributed by atoms with van der Waals surface area (Å²) in [5.74, 6) is 6.73. The molecule has 1 aliphatic heterocycles. The smallest absolute Gasteiger partial charge is 0.229 e. The van der Waals surface area contributed by atoms with Gasteiger partial charge in [0.05, 0.1) is 18.8 Å². The minimum atomic E-state index is -0.996. The Morgan fingerprint density at radius 1 is 1.25 bits per heavy atom. The van der Waals surface area contributed by atoms with Gasteiger partial charge in [-0.25, -0.2) is 4.98 Å². The van der Waals surface area contributed by atoms with Gasteiger partial charge in [0.15, 0.2) is 0 Å². The maximum absolute atomic E-state index is 10.1. The Morgan fingerprint density at radius 2 is 2.00 bits per heavy atom. The number of aliphatic hydroxyl groups is 1. The number of aromatic nitrogens is 3. The van der Waals surface area contributed by atoms with Crippen molar-refractivity contribution in [1.82, 2.24) is 15.0 Å². The molecule has 0 bridgehead atoms. The third-order valence-corrected chi connectivity index (χ3v) is 5.51. The lowest BCUT2D eigenvalue weighted by Crippen LogP contribution is -2.37. The van der Waals surface area contributed by atoms with Crippen molar-refractivity contribution in [2.24, 2.45) is 10.9 Å². The molecule has 1 fully saturated rings. The van der Waals surface area contributed by atoms with E-state index in [4.69, 9.17) is 20.3 Å². The number of hydrazone groups is 1. The molecule has 0 aliphatic carbocycles. The minimum absolute atomic E-state index is 0.0921. The molecule has 2 aromatic heterocycles. The Hall–Kier alpha value is -3.17. The van der Waals surface area contributed by atoms with E-state index in [1.54, 1.807) is 19.9 Å². The topological polar surface area (TPSA) is 122 Å². The molecule has 0 saturated carbocycles. The molecular formula is C23H30N6O3. The molecule has 0 radical (unpaired) electrons. The first-order valence-corrected chi connectivity index (χ1v) is 10.7. The van der Waals surface area contributed by atoms with E-state index in [9.17, 15) is 5.11 Å². The van der Waals surface area contributed by atoms with E-state index in [2.05, 4.69) is 35.0 Å². The quantitative estimate of drug-likeness (QED) is 0.307. The molecule has 0 unspecified atom stereocenters. The lowest BCUT2D eigenvalue weighted by Gasteiger charge is -2.27. The average Bonchev–Trinajstić information content (AvgIpc) is 3.06. The molecule has 3 aromatic rings. The van der Waals surface area contributed by atoms with E-state index in [1.165, 1.54) is 5.56 Å². The van der Waals surface area contributed by atoms with Crippen LogP contribution in [0.1, 0.15) is 36.4 Å². The Morgan fingerprint density at radius 3 is 2.69 bits per heavy atom. The van der Waals surface area contributed by atoms with Gasteiger partial charge in [0.25, 0.3) is 0 Å². The number of anilines is 1. The van der Waals surface area contributed by atoms with Crippen molar-refractivity contribution in [1.29, 1.82) is 0 Å². The average molecular weight is 439 g/mol. The predicted molar refractivity (Wildman–Crippen MR) is 124 cm³/mol. The van der Waals surface area contributed by atoms with Crippen molar-refractivity contribution >= 4 is 22.6 Å². The van der Waals surface area contributed by atoms with Crippen LogP contribution in [0.5, 0.6) is 5.88 Å². The van der Waals surface area contributed by atoms with Crippen LogP contribution in [-0.4, -0.2) is 64.3 Å². The molecule has 0 spiro atoms. The minimum Gasteiger partial charge on any atom is -0.474 e. The van der Waals surface area contributed by atoms with Crippen molar-refractivity contribution in [2.45, 2.75) is 33.3 Å². The van der Waals surface area contributed by atoms with Crippen LogP contribution in [0.4, 0.5) is 5.95 Å². The molecule has 1 saturated heterocycles. The first kappa shape index (κ1) is 22.0. The number of hydrogen-bond acceptors (Lipinski definition) is 8. The number of nitrogens with zero attached hydrogens (tertiary/aromatic N) is 4. The van der Waals surface area contributed by atoms with Crippen molar-refractivity contribution in [3.63, 3.8) is 0 Å². The number of rotatable bonds is 6. The van der Waals surface area contributed by atoms with Crippen LogP contribution < -0.4 is 15.5 Å². The van der Waals surface area contributed by atoms with E-state index in [0.717, 1.165) is 22.2 Å². The van der Waals surface area contributed by atoms with Gasteiger partial charge >= 0.3 is 0 Å². The zero-order valence-electron chi connectivity index (χ0n) is 19.0. The van der Waals surface area contributed by atoms with E-state index in [1.807, 2.05) is 17.0 Å². The number of morpholine rings is 1. The van der Waals surface area contributed by atoms with Gasteiger partial charge in [-0.1, -0.05) is 6.07 Å². The number of hydrogen-bond donors (Lipinski definition) is 3. The monoisotopic (exact) mass is 438 g/mol. The third-order valence-electron chi connectivity index (χ3n) is 5.51. The van der Waals surface area contributed by atoms with E-state index in [-0.39, 0.29) is 6.61 Å². The standard InChI is InChI=1S/C23H30N6O3/c1-14-15(2)25-18-6-5-16(11-17(14)18)21(28-24)19-12-20(32-13-23(3,4)30)27-22(26-19)29-7-9-31-10-8-29/h5-6,11-12,25,30H,7-10,13,24H2,1-4H3. The summed E-state index contributed by atoms with van der Waals surface area (Å²) >= 11 is 0. The summed E-state index contributed by atoms with van der Waals surface area (Å²) in [6.45, 7) is 10.2. The van der Waals surface area contributed by atoms with Crippen LogP contribution in [0.3, 0.4) is 0 Å². The molecular weight excluding hydrogens is 408 g/mol. The summed E-state index contributed by atoms with van der Waals surface area (Å²) in [4.78, 5) is 14.7. The summed E-state index contributed by atoms with van der Waals surface area (Å²) in [6.07, 6.45) is 0. The van der Waals surface area contributed by atoms with Crippen molar-refractivity contribution in [3.8, 4) is 5.88 Å². The highest BCUT2D eigenvalue weighted by Gasteiger charge is 2.21. The highest BCUT2D eigenvalue weighted by atomic mass is 16.5. The van der Waals surface area contributed by atoms with Gasteiger partial charge in [0, 0.05) is 41.3 Å². The van der Waals surface area contributed by atoms with E-state index >= 15 is 0 Å². The van der Waals surface area contributed by atoms with Crippen LogP contribution >= 0.6 is 0 Å². The van der Waals surface area contributed by atoms with Crippen LogP contribution in [0.25, 0.3) is 10.9 Å². The molecule has 1 aliphatic rings. The van der Waals surface area contributed by atoms with Gasteiger partial charge in [-0.15, -0.1) is 0 Å². The number of ether oxygens (including phenoxy) is 2. The second kappa shape index (κ2) is 8.76. The first-order valence-electron chi connectivity index (χ1n) is 10.7. The number of benzene rings is 1. The molecule has 9 nitrogen and oxygen atoms in total. The Kier molecular flexibility index (Phi) is 6.03. The maximum Gasteiger partial charge on any atom is 0.229 e. The Bertz CT molecular complexity index is 1140. The summed E-state index contributed by atoms with van der Waals surface area (Å²) < 4.78 is 11.3. The third kappa shape index (κ3) is 4.68. The molecule has 4 N–H and O–H groups in total. The van der Waals surface area contributed by atoms with Crippen LogP contribution in [0, 0.1) is 13.8 Å². The van der Waals surface area contributed by atoms with Crippen molar-refractivity contribution in [2.75, 3.05) is 37.8 Å². The van der Waals surface area contributed by atoms with Crippen LogP contribution in [0.2, 0.25) is 0 Å². The lowest BCUT2D eigenvalue weighted by molar-refractivity contribution is 0.0268. The van der Waals surface area contributed by atoms with Gasteiger partial charge < -0.3 is 30.3 Å². The van der Waals surface area contributed by atoms with Gasteiger partial charge in [0.1, 0.15) is 18.0 Å². The molecule has 0 atom stereocenters. The highest BCUT2D eigenvalue weighted by Crippen LogP contribution is 2.25. The lowest BCUT2D eigenvalue weighted by atomic mass is 10.0. The number of aromatic amines is 1. The first-order chi connectivity index (χ1) is 15.2. The highest BCUT2D eigenvalue weighted by molar-refractivity contribution is 6.13. The Labute approximate surface area is 187 Å². The van der Waals surface area contributed by atoms with Gasteiger partial charge in [-0.2, -0.15) is 10.1 Å². The zero-order chi connectivity index (χ0) is 22.9. The van der Waals surface area contributed by atoms with Crippen molar-refractivity contribution < 1.29 is 14.6 Å². The summed E-state index contributed by atoms with van der Waals surface area (Å²) in [7, 11) is 0. The van der Waals surface area contributed by atoms with E-state index < -0.39 is 5.60 Å². The fourth-order valence-electron chi connectivity index (χ4n) is 3.66. The number of nitrogens with one attached hydrogen (secondary N) is 1. The number of H-pyrrole nitrogens is 1. The molecule has 4 rings (SSSR count). The summed E-state index contributed by atoms with van der Waals surface area (Å²) in [5.41, 5.74) is 4.32. The van der Waals surface area contributed by atoms with Gasteiger partial charge in [-0.3, -0.25) is 0 Å². The number of fused-ring (bicyclic) bond motifs is 1. The summed E-state index contributed by atoms with van der Waals surface area (Å²) in [5, 5.41) is 15.3. The second-order valence-corrected chi connectivity index (χ2v) is 8.71. The molecule has 1 aromatic carbocycles. The fraction of sp³-hybridized carbons (Fsp3) is 0.435. The maximum atomic E-state index is 10.1. The molecule has 3 heterocycles. The fourth-order valence-corrected chi connectivity index (χ4v) is 3.66. The molecule has 9 heteroatoms.